The average molecular weight is 229 g/mol. The van der Waals surface area contributed by atoms with Gasteiger partial charge in [-0.1, -0.05) is 16.6 Å². The van der Waals surface area contributed by atoms with E-state index in [0.29, 0.717) is 5.82 Å². The zero-order valence-electron chi connectivity index (χ0n) is 8.16. The Morgan fingerprint density at radius 3 is 2.94 bits per heavy atom. The molecule has 0 amide bonds. The third kappa shape index (κ3) is 1.70. The maximum atomic E-state index is 4.40. The second-order valence-corrected chi connectivity index (χ2v) is 3.69. The Morgan fingerprint density at radius 1 is 1.19 bits per heavy atom. The van der Waals surface area contributed by atoms with E-state index in [1.807, 2.05) is 30.3 Å². The van der Waals surface area contributed by atoms with E-state index in [9.17, 15) is 0 Å². The van der Waals surface area contributed by atoms with Crippen LogP contribution in [0.15, 0.2) is 24.3 Å². The molecule has 0 aliphatic rings. The van der Waals surface area contributed by atoms with Gasteiger partial charge in [-0.25, -0.2) is 4.98 Å². The molecule has 78 valence electrons. The lowest BCUT2D eigenvalue weighted by Gasteiger charge is -1.81. The molecule has 2 heterocycles. The van der Waals surface area contributed by atoms with Crippen LogP contribution in [0.1, 0.15) is 11.6 Å². The number of aromatic amines is 1. The summed E-state index contributed by atoms with van der Waals surface area (Å²) in [6, 6.07) is 7.89. The molecule has 0 fully saturated rings. The van der Waals surface area contributed by atoms with Gasteiger partial charge in [0.05, 0.1) is 22.8 Å². The van der Waals surface area contributed by atoms with Gasteiger partial charge in [-0.05, 0) is 24.3 Å². The minimum Gasteiger partial charge on any atom is -0.338 e. The molecular weight excluding hydrogens is 222 g/mol. The lowest BCUT2D eigenvalue weighted by molar-refractivity contribution is 1.11. The molecule has 0 atom stereocenters. The smallest absolute Gasteiger partial charge is 0.189 e. The van der Waals surface area contributed by atoms with Crippen molar-refractivity contribution in [2.75, 3.05) is 0 Å². The van der Waals surface area contributed by atoms with Crippen LogP contribution in [0.4, 0.5) is 0 Å². The molecule has 2 aromatic heterocycles. The normalized spacial score (nSPS) is 11.5. The van der Waals surface area contributed by atoms with Crippen LogP contribution in [0.25, 0.3) is 23.2 Å². The lowest BCUT2D eigenvalue weighted by atomic mass is 10.3. The van der Waals surface area contributed by atoms with Crippen LogP contribution in [-0.2, 0) is 0 Å². The summed E-state index contributed by atoms with van der Waals surface area (Å²) in [6.45, 7) is 0. The maximum Gasteiger partial charge on any atom is 0.189 e. The molecule has 5 nitrogen and oxygen atoms in total. The Hall–Kier alpha value is -2.08. The Balaban J connectivity index is 1.95. The molecule has 0 radical (unpaired) electrons. The van der Waals surface area contributed by atoms with E-state index in [0.717, 1.165) is 28.6 Å². The number of rotatable bonds is 2. The molecule has 0 spiro atoms. The summed E-state index contributed by atoms with van der Waals surface area (Å²) in [6.07, 6.45) is 3.62. The summed E-state index contributed by atoms with van der Waals surface area (Å²) in [7, 11) is 0. The number of fused-ring (bicyclic) bond motifs is 1. The fraction of sp³-hybridized carbons (Fsp3) is 0. The molecule has 1 N–H and O–H groups in total. The van der Waals surface area contributed by atoms with Gasteiger partial charge in [0.2, 0.25) is 0 Å². The largest absolute Gasteiger partial charge is 0.338 e. The van der Waals surface area contributed by atoms with Crippen molar-refractivity contribution in [1.82, 2.24) is 23.9 Å². The van der Waals surface area contributed by atoms with Crippen LogP contribution in [0.2, 0.25) is 0 Å². The number of H-pyrrole nitrogens is 1. The predicted molar refractivity (Wildman–Crippen MR) is 62.7 cm³/mol. The molecule has 0 aliphatic heterocycles. The first kappa shape index (κ1) is 9.17. The van der Waals surface area contributed by atoms with Crippen molar-refractivity contribution in [2.45, 2.75) is 0 Å². The molecule has 16 heavy (non-hydrogen) atoms. The van der Waals surface area contributed by atoms with Crippen LogP contribution in [0.5, 0.6) is 0 Å². The first-order chi connectivity index (χ1) is 7.92. The molecule has 0 unspecified atom stereocenters. The Labute approximate surface area is 95.2 Å². The van der Waals surface area contributed by atoms with E-state index >= 15 is 0 Å². The maximum absolute atomic E-state index is 4.40. The number of imidazole rings is 1. The van der Waals surface area contributed by atoms with Crippen LogP contribution in [0, 0.1) is 0 Å². The van der Waals surface area contributed by atoms with Gasteiger partial charge in [0.25, 0.3) is 0 Å². The second-order valence-electron chi connectivity index (χ2n) is 3.19. The minimum atomic E-state index is 0.602. The van der Waals surface area contributed by atoms with Gasteiger partial charge in [-0.3, -0.25) is 0 Å². The number of para-hydroxylation sites is 2. The van der Waals surface area contributed by atoms with Crippen LogP contribution in [0.3, 0.4) is 0 Å². The highest BCUT2D eigenvalue weighted by Gasteiger charge is 1.98. The van der Waals surface area contributed by atoms with E-state index in [1.165, 1.54) is 0 Å². The summed E-state index contributed by atoms with van der Waals surface area (Å²) in [4.78, 5) is 7.58. The number of nitrogens with zero attached hydrogens (tertiary/aromatic N) is 4. The quantitative estimate of drug-likeness (QED) is 0.729. The number of hydrogen-bond acceptors (Lipinski definition) is 5. The average Bonchev–Trinajstić information content (AvgIpc) is 2.95. The molecule has 0 aliphatic carbocycles. The molecule has 1 aromatic carbocycles. The van der Waals surface area contributed by atoms with E-state index in [2.05, 4.69) is 23.9 Å². The molecule has 0 saturated heterocycles. The fourth-order valence-electron chi connectivity index (χ4n) is 1.41. The summed E-state index contributed by atoms with van der Waals surface area (Å²) >= 11 is 1.09. The van der Waals surface area contributed by atoms with Crippen LogP contribution in [-0.4, -0.2) is 23.9 Å². The van der Waals surface area contributed by atoms with E-state index in [4.69, 9.17) is 0 Å². The van der Waals surface area contributed by atoms with Crippen molar-refractivity contribution >= 4 is 34.9 Å². The minimum absolute atomic E-state index is 0.602. The summed E-state index contributed by atoms with van der Waals surface area (Å²) in [5.41, 5.74) is 1.97. The van der Waals surface area contributed by atoms with Gasteiger partial charge in [0.1, 0.15) is 5.82 Å². The number of aromatic nitrogens is 5. The zero-order valence-corrected chi connectivity index (χ0v) is 8.98. The van der Waals surface area contributed by atoms with Gasteiger partial charge < -0.3 is 4.98 Å². The predicted octanol–water partition coefficient (Wildman–Crippen LogP) is 1.98. The fourth-order valence-corrected chi connectivity index (χ4v) is 1.74. The van der Waals surface area contributed by atoms with Crippen molar-refractivity contribution < 1.29 is 0 Å². The van der Waals surface area contributed by atoms with Gasteiger partial charge >= 0.3 is 0 Å². The van der Waals surface area contributed by atoms with Crippen molar-refractivity contribution in [3.05, 3.63) is 35.9 Å². The monoisotopic (exact) mass is 229 g/mol. The number of benzene rings is 1. The van der Waals surface area contributed by atoms with Crippen LogP contribution >= 0.6 is 11.7 Å². The Kier molecular flexibility index (Phi) is 2.19. The molecule has 0 saturated carbocycles. The standard InChI is InChI=1S/C10H7N5S/c1-2-4-8-7(3-1)11-9(12-8)5-6-10-13-15-16-14-10/h1-6H,(H,11,12)/b6-5+. The second kappa shape index (κ2) is 3.82. The van der Waals surface area contributed by atoms with Crippen molar-refractivity contribution in [1.29, 1.82) is 0 Å². The van der Waals surface area contributed by atoms with Crippen molar-refractivity contribution in [3.63, 3.8) is 0 Å². The summed E-state index contributed by atoms with van der Waals surface area (Å²) in [5, 5.41) is 3.81. The highest BCUT2D eigenvalue weighted by molar-refractivity contribution is 6.98. The van der Waals surface area contributed by atoms with E-state index < -0.39 is 0 Å². The Bertz CT molecular complexity index is 593. The Morgan fingerprint density at radius 2 is 2.12 bits per heavy atom. The first-order valence-electron chi connectivity index (χ1n) is 4.70. The number of nitrogens with one attached hydrogen (secondary N) is 1. The van der Waals surface area contributed by atoms with E-state index in [1.54, 1.807) is 6.08 Å². The van der Waals surface area contributed by atoms with Crippen molar-refractivity contribution in [2.24, 2.45) is 0 Å². The molecular formula is C10H7N5S. The van der Waals surface area contributed by atoms with Gasteiger partial charge in [-0.15, -0.1) is 5.10 Å². The van der Waals surface area contributed by atoms with Gasteiger partial charge in [-0.2, -0.15) is 4.37 Å². The third-order valence-electron chi connectivity index (χ3n) is 2.11. The lowest BCUT2D eigenvalue weighted by Crippen LogP contribution is -1.76. The van der Waals surface area contributed by atoms with Crippen molar-refractivity contribution in [3.8, 4) is 0 Å². The third-order valence-corrected chi connectivity index (χ3v) is 2.54. The molecule has 3 rings (SSSR count). The van der Waals surface area contributed by atoms with Crippen LogP contribution < -0.4 is 0 Å². The topological polar surface area (TPSA) is 67.3 Å². The van der Waals surface area contributed by atoms with E-state index in [-0.39, 0.29) is 0 Å². The molecule has 3 aromatic rings. The summed E-state index contributed by atoms with van der Waals surface area (Å²) in [5.74, 6) is 1.39. The number of hydrogen-bond donors (Lipinski definition) is 1. The SMILES string of the molecule is C(=C\c1nc2ccccc2[nH]1)/c1nnsn1. The highest BCUT2D eigenvalue weighted by Crippen LogP contribution is 2.11. The molecule has 6 heteroatoms. The first-order valence-corrected chi connectivity index (χ1v) is 5.43. The summed E-state index contributed by atoms with van der Waals surface area (Å²) < 4.78 is 7.65. The molecule has 0 bridgehead atoms. The highest BCUT2D eigenvalue weighted by atomic mass is 32.1. The van der Waals surface area contributed by atoms with Gasteiger partial charge in [0, 0.05) is 0 Å². The van der Waals surface area contributed by atoms with Gasteiger partial charge in [0.15, 0.2) is 5.82 Å². The zero-order chi connectivity index (χ0) is 10.8.